The molecule has 0 unspecified atom stereocenters. The Labute approximate surface area is 120 Å². The van der Waals surface area contributed by atoms with Crippen LogP contribution in [0.3, 0.4) is 0 Å². The highest BCUT2D eigenvalue weighted by Crippen LogP contribution is 2.18. The van der Waals surface area contributed by atoms with Gasteiger partial charge in [0.15, 0.2) is 9.84 Å². The smallest absolute Gasteiger partial charge is 0.199 e. The summed E-state index contributed by atoms with van der Waals surface area (Å²) in [5.74, 6) is 0. The molecule has 0 aliphatic carbocycles. The molecule has 20 heavy (non-hydrogen) atoms. The molecule has 0 N–H and O–H groups in total. The monoisotopic (exact) mass is 286 g/mol. The van der Waals surface area contributed by atoms with Gasteiger partial charge in [-0.05, 0) is 55.7 Å². The lowest BCUT2D eigenvalue weighted by Crippen LogP contribution is -1.96. The highest BCUT2D eigenvalue weighted by atomic mass is 32.2. The van der Waals surface area contributed by atoms with Crippen molar-refractivity contribution in [2.24, 2.45) is 0 Å². The highest BCUT2D eigenvalue weighted by Gasteiger charge is 2.10. The van der Waals surface area contributed by atoms with Crippen LogP contribution in [-0.4, -0.2) is 8.42 Å². The molecule has 0 aliphatic heterocycles. The molecule has 2 aromatic rings. The Morgan fingerprint density at radius 3 is 1.95 bits per heavy atom. The summed E-state index contributed by atoms with van der Waals surface area (Å²) < 4.78 is 24.5. The molecule has 3 heteroatoms. The van der Waals surface area contributed by atoms with Crippen molar-refractivity contribution in [3.63, 3.8) is 0 Å². The van der Waals surface area contributed by atoms with E-state index in [0.717, 1.165) is 22.3 Å². The first-order chi connectivity index (χ1) is 9.40. The van der Waals surface area contributed by atoms with Gasteiger partial charge in [-0.15, -0.1) is 0 Å². The summed E-state index contributed by atoms with van der Waals surface area (Å²) in [4.78, 5) is 0.325. The minimum atomic E-state index is -3.39. The van der Waals surface area contributed by atoms with Gasteiger partial charge in [0.05, 0.1) is 4.90 Å². The summed E-state index contributed by atoms with van der Waals surface area (Å²) in [5, 5.41) is 1.28. The Balaban J connectivity index is 2.37. The Bertz CT molecular complexity index is 719. The van der Waals surface area contributed by atoms with Crippen LogP contribution in [0.15, 0.2) is 52.8 Å². The van der Waals surface area contributed by atoms with E-state index in [0.29, 0.717) is 4.90 Å². The maximum atomic E-state index is 12.3. The van der Waals surface area contributed by atoms with Crippen molar-refractivity contribution in [1.82, 2.24) is 0 Å². The zero-order valence-electron chi connectivity index (χ0n) is 11.9. The third-order valence-corrected chi connectivity index (χ3v) is 4.73. The lowest BCUT2D eigenvalue weighted by molar-refractivity contribution is 0.605. The van der Waals surface area contributed by atoms with Crippen LogP contribution in [0.1, 0.15) is 22.3 Å². The van der Waals surface area contributed by atoms with Crippen molar-refractivity contribution in [3.8, 4) is 0 Å². The van der Waals surface area contributed by atoms with E-state index in [-0.39, 0.29) is 0 Å². The van der Waals surface area contributed by atoms with Crippen LogP contribution in [0.5, 0.6) is 0 Å². The molecule has 0 heterocycles. The summed E-state index contributed by atoms with van der Waals surface area (Å²) >= 11 is 0. The number of benzene rings is 2. The van der Waals surface area contributed by atoms with Gasteiger partial charge in [0.25, 0.3) is 0 Å². The van der Waals surface area contributed by atoms with Crippen molar-refractivity contribution in [1.29, 1.82) is 0 Å². The molecule has 104 valence electrons. The van der Waals surface area contributed by atoms with Gasteiger partial charge in [0, 0.05) is 5.41 Å². The summed E-state index contributed by atoms with van der Waals surface area (Å²) in [5.41, 5.74) is 4.14. The van der Waals surface area contributed by atoms with Gasteiger partial charge >= 0.3 is 0 Å². The fourth-order valence-electron chi connectivity index (χ4n) is 2.05. The number of hydrogen-bond donors (Lipinski definition) is 0. The van der Waals surface area contributed by atoms with Gasteiger partial charge in [0.1, 0.15) is 0 Å². The quantitative estimate of drug-likeness (QED) is 0.852. The van der Waals surface area contributed by atoms with E-state index in [9.17, 15) is 8.42 Å². The number of sulfone groups is 1. The van der Waals surface area contributed by atoms with Crippen molar-refractivity contribution >= 4 is 15.9 Å². The van der Waals surface area contributed by atoms with E-state index in [1.807, 2.05) is 39.0 Å². The maximum Gasteiger partial charge on any atom is 0.199 e. The molecule has 0 fully saturated rings. The minimum absolute atomic E-state index is 0.325. The largest absolute Gasteiger partial charge is 0.219 e. The van der Waals surface area contributed by atoms with Crippen molar-refractivity contribution < 1.29 is 8.42 Å². The summed E-state index contributed by atoms with van der Waals surface area (Å²) in [6, 6.07) is 12.8. The SMILES string of the molecule is Cc1ccc(S(=O)(=O)/C=C/c2c(C)cccc2C)cc1. The fraction of sp³-hybridized carbons (Fsp3) is 0.176. The van der Waals surface area contributed by atoms with Gasteiger partial charge in [-0.2, -0.15) is 0 Å². The molecule has 0 saturated heterocycles. The van der Waals surface area contributed by atoms with Gasteiger partial charge in [0.2, 0.25) is 0 Å². The average Bonchev–Trinajstić information content (AvgIpc) is 2.38. The van der Waals surface area contributed by atoms with E-state index in [4.69, 9.17) is 0 Å². The molecule has 0 radical (unpaired) electrons. The predicted molar refractivity (Wildman–Crippen MR) is 83.3 cm³/mol. The predicted octanol–water partition coefficient (Wildman–Crippen LogP) is 4.06. The molecular weight excluding hydrogens is 268 g/mol. The van der Waals surface area contributed by atoms with E-state index in [1.54, 1.807) is 30.3 Å². The second-order valence-electron chi connectivity index (χ2n) is 4.97. The summed E-state index contributed by atoms with van der Waals surface area (Å²) in [7, 11) is -3.39. The topological polar surface area (TPSA) is 34.1 Å². The second-order valence-corrected chi connectivity index (χ2v) is 6.80. The first-order valence-electron chi connectivity index (χ1n) is 6.46. The molecule has 0 atom stereocenters. The van der Waals surface area contributed by atoms with Crippen LogP contribution < -0.4 is 0 Å². The van der Waals surface area contributed by atoms with Crippen LogP contribution in [0.4, 0.5) is 0 Å². The Hall–Kier alpha value is -1.87. The van der Waals surface area contributed by atoms with Crippen molar-refractivity contribution in [2.75, 3.05) is 0 Å². The summed E-state index contributed by atoms with van der Waals surface area (Å²) in [6.45, 7) is 5.89. The fourth-order valence-corrected chi connectivity index (χ4v) is 3.04. The molecule has 0 aliphatic rings. The number of hydrogen-bond acceptors (Lipinski definition) is 2. The molecule has 2 rings (SSSR count). The van der Waals surface area contributed by atoms with Crippen LogP contribution in [0.2, 0.25) is 0 Å². The van der Waals surface area contributed by atoms with Gasteiger partial charge in [-0.3, -0.25) is 0 Å². The average molecular weight is 286 g/mol. The molecular formula is C17H18O2S. The van der Waals surface area contributed by atoms with Gasteiger partial charge in [-0.25, -0.2) is 8.42 Å². The summed E-state index contributed by atoms with van der Waals surface area (Å²) in [6.07, 6.45) is 1.68. The third-order valence-electron chi connectivity index (χ3n) is 3.31. The first-order valence-corrected chi connectivity index (χ1v) is 8.01. The van der Waals surface area contributed by atoms with Gasteiger partial charge in [-0.1, -0.05) is 35.9 Å². The van der Waals surface area contributed by atoms with Crippen LogP contribution in [0.25, 0.3) is 6.08 Å². The minimum Gasteiger partial charge on any atom is -0.219 e. The highest BCUT2D eigenvalue weighted by molar-refractivity contribution is 7.94. The molecule has 2 nitrogen and oxygen atoms in total. The van der Waals surface area contributed by atoms with E-state index < -0.39 is 9.84 Å². The normalized spacial score (nSPS) is 11.9. The standard InChI is InChI=1S/C17H18O2S/c1-13-7-9-16(10-8-13)20(18,19)12-11-17-14(2)5-4-6-15(17)3/h4-12H,1-3H3/b12-11+. The van der Waals surface area contributed by atoms with Crippen molar-refractivity contribution in [3.05, 3.63) is 70.1 Å². The third kappa shape index (κ3) is 3.17. The zero-order valence-corrected chi connectivity index (χ0v) is 12.7. The Morgan fingerprint density at radius 1 is 0.850 bits per heavy atom. The Kier molecular flexibility index (Phi) is 4.09. The van der Waals surface area contributed by atoms with Crippen LogP contribution in [-0.2, 0) is 9.84 Å². The van der Waals surface area contributed by atoms with Crippen LogP contribution in [0, 0.1) is 20.8 Å². The lowest BCUT2D eigenvalue weighted by Gasteiger charge is -2.05. The number of rotatable bonds is 3. The van der Waals surface area contributed by atoms with Crippen molar-refractivity contribution in [2.45, 2.75) is 25.7 Å². The molecule has 0 amide bonds. The molecule has 0 spiro atoms. The zero-order chi connectivity index (χ0) is 14.8. The second kappa shape index (κ2) is 5.63. The lowest BCUT2D eigenvalue weighted by atomic mass is 10.0. The first kappa shape index (κ1) is 14.5. The van der Waals surface area contributed by atoms with E-state index in [2.05, 4.69) is 0 Å². The number of aryl methyl sites for hydroxylation is 3. The molecule has 0 saturated carbocycles. The molecule has 2 aromatic carbocycles. The van der Waals surface area contributed by atoms with E-state index in [1.165, 1.54) is 5.41 Å². The maximum absolute atomic E-state index is 12.3. The van der Waals surface area contributed by atoms with E-state index >= 15 is 0 Å². The van der Waals surface area contributed by atoms with Gasteiger partial charge < -0.3 is 0 Å². The Morgan fingerprint density at radius 2 is 1.40 bits per heavy atom. The van der Waals surface area contributed by atoms with Crippen LogP contribution >= 0.6 is 0 Å². The molecule has 0 aromatic heterocycles. The molecule has 0 bridgehead atoms.